The van der Waals surface area contributed by atoms with Gasteiger partial charge in [0.15, 0.2) is 0 Å². The van der Waals surface area contributed by atoms with Crippen molar-refractivity contribution < 1.29 is 24.2 Å². The van der Waals surface area contributed by atoms with Crippen molar-refractivity contribution in [3.8, 4) is 5.75 Å². The average Bonchev–Trinajstić information content (AvgIpc) is 2.99. The van der Waals surface area contributed by atoms with Gasteiger partial charge in [0.2, 0.25) is 5.91 Å². The highest BCUT2D eigenvalue weighted by Gasteiger charge is 2.32. The highest BCUT2D eigenvalue weighted by atomic mass is 32.2. The predicted octanol–water partition coefficient (Wildman–Crippen LogP) is 2.29. The maximum absolute atomic E-state index is 12.7. The molecule has 1 aliphatic rings. The van der Waals surface area contributed by atoms with E-state index < -0.39 is 11.9 Å². The molecule has 0 aliphatic carbocycles. The lowest BCUT2D eigenvalue weighted by molar-refractivity contribution is -0.254. The maximum atomic E-state index is 12.7. The van der Waals surface area contributed by atoms with Crippen LogP contribution in [-0.2, 0) is 9.59 Å². The standard InChI is InChI=1S/C21H18N2O5S2/c1-28-16-9-5-2-6-13(16)12-17-19(25)23(21(29)30-17)11-10-18(24)22-15-8-4-3-7-14(15)20(26)27/h2-9,12H,10-11H2,1H3,(H,22,24)(H,26,27)/p-1/b17-12-. The fraction of sp³-hybridized carbons (Fsp3) is 0.143. The van der Waals surface area contributed by atoms with Gasteiger partial charge in [-0.1, -0.05) is 60.4 Å². The Morgan fingerprint density at radius 3 is 2.63 bits per heavy atom. The molecule has 1 fully saturated rings. The van der Waals surface area contributed by atoms with Gasteiger partial charge in [-0.2, -0.15) is 0 Å². The van der Waals surface area contributed by atoms with Gasteiger partial charge < -0.3 is 20.0 Å². The Morgan fingerprint density at radius 2 is 1.90 bits per heavy atom. The first-order valence-electron chi connectivity index (χ1n) is 8.89. The minimum atomic E-state index is -1.38. The molecule has 30 heavy (non-hydrogen) atoms. The lowest BCUT2D eigenvalue weighted by Crippen LogP contribution is -2.32. The van der Waals surface area contributed by atoms with E-state index in [2.05, 4.69) is 5.32 Å². The number of carboxylic acid groups (broad SMARTS) is 1. The topological polar surface area (TPSA) is 98.8 Å². The van der Waals surface area contributed by atoms with E-state index in [-0.39, 0.29) is 30.1 Å². The van der Waals surface area contributed by atoms with Crippen LogP contribution in [0.15, 0.2) is 53.4 Å². The van der Waals surface area contributed by atoms with Gasteiger partial charge in [0.05, 0.1) is 18.0 Å². The van der Waals surface area contributed by atoms with Crippen molar-refractivity contribution in [2.24, 2.45) is 0 Å². The molecule has 0 radical (unpaired) electrons. The van der Waals surface area contributed by atoms with Crippen LogP contribution in [0.5, 0.6) is 5.75 Å². The Morgan fingerprint density at radius 1 is 1.20 bits per heavy atom. The Balaban J connectivity index is 1.66. The van der Waals surface area contributed by atoms with Crippen molar-refractivity contribution in [1.29, 1.82) is 0 Å². The van der Waals surface area contributed by atoms with E-state index in [4.69, 9.17) is 17.0 Å². The van der Waals surface area contributed by atoms with Gasteiger partial charge in [-0.25, -0.2) is 0 Å². The van der Waals surface area contributed by atoms with Crippen molar-refractivity contribution in [1.82, 2.24) is 4.90 Å². The molecule has 0 bridgehead atoms. The van der Waals surface area contributed by atoms with Crippen LogP contribution in [0, 0.1) is 0 Å². The number of aromatic carboxylic acids is 1. The number of anilines is 1. The number of thiocarbonyl (C=S) groups is 1. The Labute approximate surface area is 182 Å². The van der Waals surface area contributed by atoms with E-state index in [1.807, 2.05) is 18.2 Å². The fourth-order valence-corrected chi connectivity index (χ4v) is 4.12. The van der Waals surface area contributed by atoms with Crippen LogP contribution < -0.4 is 15.2 Å². The quantitative estimate of drug-likeness (QED) is 0.520. The van der Waals surface area contributed by atoms with E-state index in [0.717, 1.165) is 17.3 Å². The first-order valence-corrected chi connectivity index (χ1v) is 10.1. The van der Waals surface area contributed by atoms with Gasteiger partial charge in [0.25, 0.3) is 5.91 Å². The lowest BCUT2D eigenvalue weighted by atomic mass is 10.1. The summed E-state index contributed by atoms with van der Waals surface area (Å²) in [7, 11) is 1.55. The average molecular weight is 442 g/mol. The van der Waals surface area contributed by atoms with E-state index in [1.165, 1.54) is 23.1 Å². The zero-order valence-electron chi connectivity index (χ0n) is 15.9. The summed E-state index contributed by atoms with van der Waals surface area (Å²) in [5.41, 5.74) is 0.775. The molecule has 3 rings (SSSR count). The highest BCUT2D eigenvalue weighted by Crippen LogP contribution is 2.34. The summed E-state index contributed by atoms with van der Waals surface area (Å²) in [5, 5.41) is 13.7. The summed E-state index contributed by atoms with van der Waals surface area (Å²) >= 11 is 6.44. The second-order valence-corrected chi connectivity index (χ2v) is 7.88. The van der Waals surface area contributed by atoms with Crippen LogP contribution in [0.2, 0.25) is 0 Å². The molecule has 1 heterocycles. The second kappa shape index (κ2) is 9.55. The minimum Gasteiger partial charge on any atom is -0.545 e. The molecule has 154 valence electrons. The first kappa shape index (κ1) is 21.5. The Hall–Kier alpha value is -3.17. The molecule has 0 aromatic heterocycles. The van der Waals surface area contributed by atoms with E-state index in [1.54, 1.807) is 25.3 Å². The number of hydrogen-bond acceptors (Lipinski definition) is 7. The summed E-state index contributed by atoms with van der Waals surface area (Å²) in [5.74, 6) is -1.48. The van der Waals surface area contributed by atoms with Crippen molar-refractivity contribution >= 4 is 57.8 Å². The van der Waals surface area contributed by atoms with Crippen molar-refractivity contribution in [3.05, 3.63) is 64.6 Å². The molecule has 9 heteroatoms. The number of amides is 2. The van der Waals surface area contributed by atoms with Crippen LogP contribution >= 0.6 is 24.0 Å². The number of ether oxygens (including phenoxy) is 1. The Bertz CT molecular complexity index is 1050. The largest absolute Gasteiger partial charge is 0.545 e. The van der Waals surface area contributed by atoms with Crippen LogP contribution in [0.4, 0.5) is 5.69 Å². The highest BCUT2D eigenvalue weighted by molar-refractivity contribution is 8.26. The van der Waals surface area contributed by atoms with Crippen LogP contribution in [0.1, 0.15) is 22.3 Å². The fourth-order valence-electron chi connectivity index (χ4n) is 2.82. The van der Waals surface area contributed by atoms with Gasteiger partial charge in [-0.05, 0) is 18.2 Å². The smallest absolute Gasteiger partial charge is 0.266 e. The maximum Gasteiger partial charge on any atom is 0.266 e. The molecule has 2 aromatic carbocycles. The number of hydrogen-bond donors (Lipinski definition) is 1. The molecule has 0 unspecified atom stereocenters. The number of carbonyl (C=O) groups excluding carboxylic acids is 3. The normalized spacial score (nSPS) is 14.8. The number of carbonyl (C=O) groups is 3. The van der Waals surface area contributed by atoms with Gasteiger partial charge in [0, 0.05) is 29.8 Å². The van der Waals surface area contributed by atoms with Crippen LogP contribution in [-0.4, -0.2) is 40.7 Å². The number of carboxylic acids is 1. The van der Waals surface area contributed by atoms with E-state index >= 15 is 0 Å². The number of nitrogens with zero attached hydrogens (tertiary/aromatic N) is 1. The summed E-state index contributed by atoms with van der Waals surface area (Å²) in [6.45, 7) is 0.0766. The molecule has 1 aliphatic heterocycles. The summed E-state index contributed by atoms with van der Waals surface area (Å²) in [6, 6.07) is 13.2. The van der Waals surface area contributed by atoms with Gasteiger partial charge in [-0.15, -0.1) is 0 Å². The van der Waals surface area contributed by atoms with Crippen molar-refractivity contribution in [2.75, 3.05) is 19.0 Å². The molecule has 2 aromatic rings. The number of rotatable bonds is 7. The van der Waals surface area contributed by atoms with Crippen LogP contribution in [0.25, 0.3) is 6.08 Å². The van der Waals surface area contributed by atoms with E-state index in [9.17, 15) is 19.5 Å². The third-order valence-corrected chi connectivity index (χ3v) is 5.66. The number of methoxy groups -OCH3 is 1. The zero-order valence-corrected chi connectivity index (χ0v) is 17.5. The second-order valence-electron chi connectivity index (χ2n) is 6.21. The number of thioether (sulfide) groups is 1. The first-order chi connectivity index (χ1) is 14.4. The summed E-state index contributed by atoms with van der Waals surface area (Å²) in [6.07, 6.45) is 1.66. The third-order valence-electron chi connectivity index (χ3n) is 4.28. The number of para-hydroxylation sites is 2. The molecule has 0 saturated carbocycles. The monoisotopic (exact) mass is 441 g/mol. The molecule has 1 N–H and O–H groups in total. The minimum absolute atomic E-state index is 0.0459. The molecule has 1 saturated heterocycles. The molecule has 0 spiro atoms. The summed E-state index contributed by atoms with van der Waals surface area (Å²) < 4.78 is 5.65. The number of nitrogens with one attached hydrogen (secondary N) is 1. The molecule has 2 amide bonds. The molecular formula is C21H17N2O5S2-. The van der Waals surface area contributed by atoms with Gasteiger partial charge in [-0.3, -0.25) is 14.5 Å². The SMILES string of the molecule is COc1ccccc1/C=C1\SC(=S)N(CCC(=O)Nc2ccccc2C(=O)[O-])C1=O. The molecular weight excluding hydrogens is 424 g/mol. The number of benzene rings is 2. The Kier molecular flexibility index (Phi) is 6.86. The third kappa shape index (κ3) is 4.87. The van der Waals surface area contributed by atoms with E-state index in [0.29, 0.717) is 15.0 Å². The zero-order chi connectivity index (χ0) is 21.7. The van der Waals surface area contributed by atoms with Crippen molar-refractivity contribution in [2.45, 2.75) is 6.42 Å². The van der Waals surface area contributed by atoms with Gasteiger partial charge >= 0.3 is 0 Å². The lowest BCUT2D eigenvalue weighted by Gasteiger charge is -2.15. The predicted molar refractivity (Wildman–Crippen MR) is 117 cm³/mol. The molecule has 7 nitrogen and oxygen atoms in total. The summed E-state index contributed by atoms with van der Waals surface area (Å²) in [4.78, 5) is 37.9. The van der Waals surface area contributed by atoms with Crippen molar-refractivity contribution in [3.63, 3.8) is 0 Å². The van der Waals surface area contributed by atoms with Gasteiger partial charge in [0.1, 0.15) is 10.1 Å². The van der Waals surface area contributed by atoms with Crippen LogP contribution in [0.3, 0.4) is 0 Å². The molecule has 0 atom stereocenters.